The van der Waals surface area contributed by atoms with Gasteiger partial charge in [-0.2, -0.15) is 0 Å². The highest BCUT2D eigenvalue weighted by molar-refractivity contribution is 5.83. The van der Waals surface area contributed by atoms with Crippen LogP contribution < -0.4 is 10.5 Å². The Morgan fingerprint density at radius 1 is 1.29 bits per heavy atom. The highest BCUT2D eigenvalue weighted by Crippen LogP contribution is 2.30. The molecule has 0 bridgehead atoms. The first-order valence-electron chi connectivity index (χ1n) is 4.77. The van der Waals surface area contributed by atoms with Crippen molar-refractivity contribution < 1.29 is 9.53 Å². The molecule has 74 valence electrons. The van der Waals surface area contributed by atoms with Crippen LogP contribution in [0.5, 0.6) is 5.75 Å². The minimum absolute atomic E-state index is 0.310. The smallest absolute Gasteiger partial charge is 0.331 e. The first-order valence-corrected chi connectivity index (χ1v) is 4.77. The predicted molar refractivity (Wildman–Crippen MR) is 52.8 cm³/mol. The van der Waals surface area contributed by atoms with Crippen molar-refractivity contribution in [3.05, 3.63) is 30.3 Å². The number of esters is 1. The summed E-state index contributed by atoms with van der Waals surface area (Å²) in [6.45, 7) is 0. The fraction of sp³-hybridized carbons (Fsp3) is 0.364. The van der Waals surface area contributed by atoms with Crippen molar-refractivity contribution in [2.24, 2.45) is 5.73 Å². The molecule has 1 aliphatic carbocycles. The molecule has 0 radical (unpaired) electrons. The summed E-state index contributed by atoms with van der Waals surface area (Å²) in [7, 11) is 0. The average Bonchev–Trinajstić information content (AvgIpc) is 2.15. The normalized spacial score (nSPS) is 18.4. The molecular weight excluding hydrogens is 178 g/mol. The summed E-state index contributed by atoms with van der Waals surface area (Å²) in [5.41, 5.74) is 5.09. The van der Waals surface area contributed by atoms with Gasteiger partial charge in [0.2, 0.25) is 0 Å². The molecule has 1 aliphatic rings. The number of carbonyl (C=O) groups is 1. The molecule has 1 aromatic rings. The third-order valence-electron chi connectivity index (χ3n) is 2.61. The number of ether oxygens (including phenoxy) is 1. The molecule has 0 aromatic heterocycles. The van der Waals surface area contributed by atoms with Gasteiger partial charge in [-0.05, 0) is 31.4 Å². The lowest BCUT2D eigenvalue weighted by Crippen LogP contribution is -2.55. The summed E-state index contributed by atoms with van der Waals surface area (Å²) in [6, 6.07) is 9.03. The quantitative estimate of drug-likeness (QED) is 0.569. The van der Waals surface area contributed by atoms with Crippen LogP contribution in [0.4, 0.5) is 0 Å². The lowest BCUT2D eigenvalue weighted by Gasteiger charge is -2.34. The molecule has 0 spiro atoms. The van der Waals surface area contributed by atoms with Gasteiger partial charge in [0.15, 0.2) is 0 Å². The topological polar surface area (TPSA) is 52.3 Å². The first-order chi connectivity index (χ1) is 6.71. The third-order valence-corrected chi connectivity index (χ3v) is 2.61. The Labute approximate surface area is 82.9 Å². The van der Waals surface area contributed by atoms with E-state index in [9.17, 15) is 4.79 Å². The van der Waals surface area contributed by atoms with Gasteiger partial charge in [-0.25, -0.2) is 4.79 Å². The molecule has 1 fully saturated rings. The summed E-state index contributed by atoms with van der Waals surface area (Å²) in [5, 5.41) is 0. The van der Waals surface area contributed by atoms with Crippen LogP contribution in [0, 0.1) is 0 Å². The molecule has 3 heteroatoms. The van der Waals surface area contributed by atoms with E-state index in [1.807, 2.05) is 18.2 Å². The predicted octanol–water partition coefficient (Wildman–Crippen LogP) is 1.47. The molecule has 0 saturated heterocycles. The lowest BCUT2D eigenvalue weighted by molar-refractivity contribution is -0.143. The summed E-state index contributed by atoms with van der Waals surface area (Å²) < 4.78 is 5.16. The molecule has 0 unspecified atom stereocenters. The number of para-hydroxylation sites is 1. The van der Waals surface area contributed by atoms with E-state index in [4.69, 9.17) is 10.5 Å². The fourth-order valence-electron chi connectivity index (χ4n) is 1.46. The minimum atomic E-state index is -0.726. The number of nitrogens with two attached hydrogens (primary N) is 1. The Morgan fingerprint density at radius 2 is 1.93 bits per heavy atom. The number of carbonyl (C=O) groups excluding carboxylic acids is 1. The molecule has 0 atom stereocenters. The highest BCUT2D eigenvalue weighted by atomic mass is 16.5. The second-order valence-corrected chi connectivity index (χ2v) is 3.71. The largest absolute Gasteiger partial charge is 0.425 e. The van der Waals surface area contributed by atoms with Crippen molar-refractivity contribution in [1.82, 2.24) is 0 Å². The van der Waals surface area contributed by atoms with Gasteiger partial charge in [-0.15, -0.1) is 0 Å². The zero-order valence-corrected chi connectivity index (χ0v) is 7.90. The number of benzene rings is 1. The Bertz CT molecular complexity index is 330. The fourth-order valence-corrected chi connectivity index (χ4v) is 1.46. The summed E-state index contributed by atoms with van der Waals surface area (Å²) in [5.74, 6) is 0.254. The van der Waals surface area contributed by atoms with Gasteiger partial charge in [-0.3, -0.25) is 0 Å². The SMILES string of the molecule is NC1(C(=O)Oc2ccccc2)CCC1. The number of hydrogen-bond donors (Lipinski definition) is 1. The van der Waals surface area contributed by atoms with E-state index in [0.29, 0.717) is 5.75 Å². The molecule has 0 amide bonds. The van der Waals surface area contributed by atoms with Crippen LogP contribution in [-0.4, -0.2) is 11.5 Å². The Morgan fingerprint density at radius 3 is 2.43 bits per heavy atom. The second kappa shape index (κ2) is 3.42. The van der Waals surface area contributed by atoms with E-state index in [0.717, 1.165) is 19.3 Å². The molecule has 0 aliphatic heterocycles. The standard InChI is InChI=1S/C11H13NO2/c12-11(7-4-8-11)10(13)14-9-5-2-1-3-6-9/h1-3,5-6H,4,7-8,12H2. The van der Waals surface area contributed by atoms with Gasteiger partial charge in [0.25, 0.3) is 0 Å². The van der Waals surface area contributed by atoms with E-state index in [1.165, 1.54) is 0 Å². The van der Waals surface area contributed by atoms with E-state index >= 15 is 0 Å². The van der Waals surface area contributed by atoms with E-state index in [1.54, 1.807) is 12.1 Å². The van der Waals surface area contributed by atoms with Crippen LogP contribution >= 0.6 is 0 Å². The van der Waals surface area contributed by atoms with E-state index in [-0.39, 0.29) is 5.97 Å². The second-order valence-electron chi connectivity index (χ2n) is 3.71. The summed E-state index contributed by atoms with van der Waals surface area (Å²) in [4.78, 5) is 11.6. The van der Waals surface area contributed by atoms with Crippen LogP contribution in [0.25, 0.3) is 0 Å². The zero-order chi connectivity index (χ0) is 10.0. The summed E-state index contributed by atoms with van der Waals surface area (Å²) >= 11 is 0. The monoisotopic (exact) mass is 191 g/mol. The van der Waals surface area contributed by atoms with E-state index < -0.39 is 5.54 Å². The lowest BCUT2D eigenvalue weighted by atomic mass is 9.78. The third kappa shape index (κ3) is 1.63. The average molecular weight is 191 g/mol. The molecule has 1 saturated carbocycles. The van der Waals surface area contributed by atoms with Gasteiger partial charge in [0.1, 0.15) is 11.3 Å². The molecule has 1 aromatic carbocycles. The summed E-state index contributed by atoms with van der Waals surface area (Å²) in [6.07, 6.45) is 2.48. The van der Waals surface area contributed by atoms with Crippen molar-refractivity contribution in [3.8, 4) is 5.75 Å². The Kier molecular flexibility index (Phi) is 2.25. The van der Waals surface area contributed by atoms with Crippen LogP contribution in [-0.2, 0) is 4.79 Å². The Balaban J connectivity index is 2.02. The molecule has 2 rings (SSSR count). The van der Waals surface area contributed by atoms with Crippen molar-refractivity contribution in [3.63, 3.8) is 0 Å². The highest BCUT2D eigenvalue weighted by Gasteiger charge is 2.41. The van der Waals surface area contributed by atoms with Crippen molar-refractivity contribution in [1.29, 1.82) is 0 Å². The van der Waals surface area contributed by atoms with Crippen LogP contribution in [0.2, 0.25) is 0 Å². The van der Waals surface area contributed by atoms with Crippen LogP contribution in [0.1, 0.15) is 19.3 Å². The van der Waals surface area contributed by atoms with E-state index in [2.05, 4.69) is 0 Å². The molecule has 14 heavy (non-hydrogen) atoms. The molecule has 0 heterocycles. The molecular formula is C11H13NO2. The number of hydrogen-bond acceptors (Lipinski definition) is 3. The van der Waals surface area contributed by atoms with Crippen LogP contribution in [0.15, 0.2) is 30.3 Å². The first kappa shape index (κ1) is 9.21. The van der Waals surface area contributed by atoms with Gasteiger partial charge >= 0.3 is 5.97 Å². The number of rotatable bonds is 2. The van der Waals surface area contributed by atoms with Crippen molar-refractivity contribution >= 4 is 5.97 Å². The maximum atomic E-state index is 11.6. The minimum Gasteiger partial charge on any atom is -0.425 e. The van der Waals surface area contributed by atoms with Gasteiger partial charge in [-0.1, -0.05) is 18.2 Å². The van der Waals surface area contributed by atoms with Crippen molar-refractivity contribution in [2.75, 3.05) is 0 Å². The zero-order valence-electron chi connectivity index (χ0n) is 7.90. The van der Waals surface area contributed by atoms with Gasteiger partial charge < -0.3 is 10.5 Å². The van der Waals surface area contributed by atoms with Gasteiger partial charge in [0.05, 0.1) is 0 Å². The Hall–Kier alpha value is -1.35. The maximum Gasteiger partial charge on any atom is 0.331 e. The van der Waals surface area contributed by atoms with Gasteiger partial charge in [0, 0.05) is 0 Å². The molecule has 2 N–H and O–H groups in total. The van der Waals surface area contributed by atoms with Crippen LogP contribution in [0.3, 0.4) is 0 Å². The molecule has 3 nitrogen and oxygen atoms in total. The maximum absolute atomic E-state index is 11.6. The van der Waals surface area contributed by atoms with Crippen molar-refractivity contribution in [2.45, 2.75) is 24.8 Å².